The van der Waals surface area contributed by atoms with Gasteiger partial charge in [-0.15, -0.1) is 0 Å². The van der Waals surface area contributed by atoms with Crippen LogP contribution in [0.3, 0.4) is 0 Å². The number of hydrogen-bond acceptors (Lipinski definition) is 2. The minimum Gasteiger partial charge on any atom is -0.481 e. The largest absolute Gasteiger partial charge is 0.481 e. The molecule has 2 aromatic rings. The van der Waals surface area contributed by atoms with E-state index < -0.39 is 5.97 Å². The zero-order chi connectivity index (χ0) is 14.5. The monoisotopic (exact) mass is 333 g/mol. The van der Waals surface area contributed by atoms with E-state index in [1.807, 2.05) is 49.4 Å². The summed E-state index contributed by atoms with van der Waals surface area (Å²) in [6.45, 7) is 2.65. The maximum Gasteiger partial charge on any atom is 0.307 e. The molecule has 3 nitrogen and oxygen atoms in total. The Hall–Kier alpha value is -1.81. The molecule has 0 bridgehead atoms. The van der Waals surface area contributed by atoms with Gasteiger partial charge in [-0.2, -0.15) is 0 Å². The van der Waals surface area contributed by atoms with E-state index in [1.165, 1.54) is 5.56 Å². The Morgan fingerprint density at radius 3 is 2.55 bits per heavy atom. The number of hydrogen-bond donors (Lipinski definition) is 2. The number of carbonyl (C=O) groups is 1. The van der Waals surface area contributed by atoms with Gasteiger partial charge in [0.15, 0.2) is 0 Å². The molecule has 2 aromatic carbocycles. The van der Waals surface area contributed by atoms with Gasteiger partial charge in [-0.25, -0.2) is 0 Å². The molecule has 0 fully saturated rings. The molecule has 0 heterocycles. The molecule has 0 amide bonds. The number of aliphatic carboxylic acids is 1. The van der Waals surface area contributed by atoms with Gasteiger partial charge in [-0.1, -0.05) is 46.3 Å². The fourth-order valence-corrected chi connectivity index (χ4v) is 2.34. The SMILES string of the molecule is Cc1ccc(NCc2ccccc2CC(=O)O)cc1Br. The normalized spacial score (nSPS) is 10.3. The highest BCUT2D eigenvalue weighted by Gasteiger charge is 2.06. The highest BCUT2D eigenvalue weighted by atomic mass is 79.9. The van der Waals surface area contributed by atoms with Gasteiger partial charge in [-0.3, -0.25) is 4.79 Å². The molecule has 4 heteroatoms. The first-order valence-corrected chi connectivity index (χ1v) is 7.14. The van der Waals surface area contributed by atoms with Gasteiger partial charge < -0.3 is 10.4 Å². The maximum absolute atomic E-state index is 10.9. The van der Waals surface area contributed by atoms with Crippen LogP contribution in [0.4, 0.5) is 5.69 Å². The van der Waals surface area contributed by atoms with Crippen molar-refractivity contribution in [3.63, 3.8) is 0 Å². The summed E-state index contributed by atoms with van der Waals surface area (Å²) in [4.78, 5) is 10.9. The Balaban J connectivity index is 2.10. The van der Waals surface area contributed by atoms with Crippen molar-refractivity contribution in [1.82, 2.24) is 0 Å². The second-order valence-corrected chi connectivity index (χ2v) is 5.51. The van der Waals surface area contributed by atoms with Crippen LogP contribution in [-0.2, 0) is 17.8 Å². The summed E-state index contributed by atoms with van der Waals surface area (Å²) in [6, 6.07) is 13.7. The van der Waals surface area contributed by atoms with Gasteiger partial charge in [0.1, 0.15) is 0 Å². The molecule has 20 heavy (non-hydrogen) atoms. The zero-order valence-corrected chi connectivity index (χ0v) is 12.8. The van der Waals surface area contributed by atoms with Crippen molar-refractivity contribution in [2.75, 3.05) is 5.32 Å². The molecule has 2 N–H and O–H groups in total. The number of nitrogens with one attached hydrogen (secondary N) is 1. The number of benzene rings is 2. The average Bonchev–Trinajstić information content (AvgIpc) is 2.41. The second kappa shape index (κ2) is 6.57. The van der Waals surface area contributed by atoms with Gasteiger partial charge in [-0.05, 0) is 35.7 Å². The van der Waals surface area contributed by atoms with Crippen LogP contribution in [0, 0.1) is 6.92 Å². The Morgan fingerprint density at radius 1 is 1.20 bits per heavy atom. The lowest BCUT2D eigenvalue weighted by atomic mass is 10.0. The molecule has 0 saturated carbocycles. The zero-order valence-electron chi connectivity index (χ0n) is 11.2. The summed E-state index contributed by atoms with van der Waals surface area (Å²) < 4.78 is 1.06. The van der Waals surface area contributed by atoms with Gasteiger partial charge in [0.2, 0.25) is 0 Å². The van der Waals surface area contributed by atoms with E-state index in [0.717, 1.165) is 21.3 Å². The summed E-state index contributed by atoms with van der Waals surface area (Å²) in [7, 11) is 0. The number of carboxylic acid groups (broad SMARTS) is 1. The first-order chi connectivity index (χ1) is 9.56. The quantitative estimate of drug-likeness (QED) is 0.869. The van der Waals surface area contributed by atoms with Crippen molar-refractivity contribution in [2.24, 2.45) is 0 Å². The minimum atomic E-state index is -0.810. The number of rotatable bonds is 5. The number of carboxylic acids is 1. The summed E-state index contributed by atoms with van der Waals surface area (Å²) in [5.74, 6) is -0.810. The molecule has 104 valence electrons. The number of anilines is 1. The summed E-state index contributed by atoms with van der Waals surface area (Å²) in [6.07, 6.45) is 0.0510. The van der Waals surface area contributed by atoms with Crippen molar-refractivity contribution >= 4 is 27.6 Å². The lowest BCUT2D eigenvalue weighted by Crippen LogP contribution is -2.07. The van der Waals surface area contributed by atoms with E-state index in [0.29, 0.717) is 6.54 Å². The van der Waals surface area contributed by atoms with Crippen molar-refractivity contribution in [3.05, 3.63) is 63.6 Å². The van der Waals surface area contributed by atoms with Crippen LogP contribution in [0.2, 0.25) is 0 Å². The second-order valence-electron chi connectivity index (χ2n) is 4.66. The van der Waals surface area contributed by atoms with Gasteiger partial charge in [0.05, 0.1) is 6.42 Å². The molecule has 0 aromatic heterocycles. The first kappa shape index (κ1) is 14.6. The minimum absolute atomic E-state index is 0.0510. The Bertz CT molecular complexity index is 626. The summed E-state index contributed by atoms with van der Waals surface area (Å²) >= 11 is 3.50. The molecule has 0 aliphatic carbocycles. The molecule has 2 rings (SSSR count). The Morgan fingerprint density at radius 2 is 1.90 bits per heavy atom. The third-order valence-corrected chi connectivity index (χ3v) is 3.97. The van der Waals surface area contributed by atoms with Crippen molar-refractivity contribution in [2.45, 2.75) is 19.9 Å². The summed E-state index contributed by atoms with van der Waals surface area (Å²) in [5, 5.41) is 12.2. The summed E-state index contributed by atoms with van der Waals surface area (Å²) in [5.41, 5.74) is 4.04. The van der Waals surface area contributed by atoms with Gasteiger partial charge in [0.25, 0.3) is 0 Å². The number of halogens is 1. The molecule has 0 unspecified atom stereocenters. The third-order valence-electron chi connectivity index (χ3n) is 3.11. The fourth-order valence-electron chi connectivity index (χ4n) is 1.97. The Labute approximate surface area is 126 Å². The van der Waals surface area contributed by atoms with E-state index in [1.54, 1.807) is 0 Å². The predicted octanol–water partition coefficient (Wildman–Crippen LogP) is 4.00. The van der Waals surface area contributed by atoms with E-state index in [2.05, 4.69) is 21.2 Å². The van der Waals surface area contributed by atoms with Crippen molar-refractivity contribution in [1.29, 1.82) is 0 Å². The first-order valence-electron chi connectivity index (χ1n) is 6.35. The van der Waals surface area contributed by atoms with E-state index in [-0.39, 0.29) is 6.42 Å². The molecule has 0 atom stereocenters. The van der Waals surface area contributed by atoms with E-state index in [4.69, 9.17) is 5.11 Å². The topological polar surface area (TPSA) is 49.3 Å². The lowest BCUT2D eigenvalue weighted by molar-refractivity contribution is -0.136. The van der Waals surface area contributed by atoms with Gasteiger partial charge >= 0.3 is 5.97 Å². The van der Waals surface area contributed by atoms with E-state index >= 15 is 0 Å². The molecule has 0 radical (unpaired) electrons. The highest BCUT2D eigenvalue weighted by Crippen LogP contribution is 2.21. The number of aryl methyl sites for hydroxylation is 1. The molecular weight excluding hydrogens is 318 g/mol. The van der Waals surface area contributed by atoms with Crippen LogP contribution in [0.5, 0.6) is 0 Å². The van der Waals surface area contributed by atoms with Crippen LogP contribution < -0.4 is 5.32 Å². The molecule has 0 spiro atoms. The molecular formula is C16H16BrNO2. The fraction of sp³-hybridized carbons (Fsp3) is 0.188. The van der Waals surface area contributed by atoms with Crippen molar-refractivity contribution < 1.29 is 9.90 Å². The predicted molar refractivity (Wildman–Crippen MR) is 84.0 cm³/mol. The Kier molecular flexibility index (Phi) is 4.79. The van der Waals surface area contributed by atoms with Crippen LogP contribution in [0.25, 0.3) is 0 Å². The van der Waals surface area contributed by atoms with Crippen LogP contribution in [-0.4, -0.2) is 11.1 Å². The lowest BCUT2D eigenvalue weighted by Gasteiger charge is -2.11. The van der Waals surface area contributed by atoms with Crippen LogP contribution in [0.1, 0.15) is 16.7 Å². The average molecular weight is 334 g/mol. The smallest absolute Gasteiger partial charge is 0.307 e. The van der Waals surface area contributed by atoms with Gasteiger partial charge in [0, 0.05) is 16.7 Å². The third kappa shape index (κ3) is 3.84. The van der Waals surface area contributed by atoms with Crippen LogP contribution in [0.15, 0.2) is 46.9 Å². The van der Waals surface area contributed by atoms with E-state index in [9.17, 15) is 4.79 Å². The van der Waals surface area contributed by atoms with Crippen LogP contribution >= 0.6 is 15.9 Å². The molecule has 0 aliphatic heterocycles. The van der Waals surface area contributed by atoms with Crippen molar-refractivity contribution in [3.8, 4) is 0 Å². The highest BCUT2D eigenvalue weighted by molar-refractivity contribution is 9.10. The standard InChI is InChI=1S/C16H16BrNO2/c1-11-6-7-14(9-15(11)17)18-10-13-5-3-2-4-12(13)8-16(19)20/h2-7,9,18H,8,10H2,1H3,(H,19,20). The molecule has 0 saturated heterocycles. The molecule has 0 aliphatic rings. The maximum atomic E-state index is 10.9.